The molecule has 140 valence electrons. The normalized spacial score (nSPS) is 11.2. The van der Waals surface area contributed by atoms with Crippen LogP contribution in [-0.4, -0.2) is 50.9 Å². The van der Waals surface area contributed by atoms with Gasteiger partial charge in [-0.3, -0.25) is 0 Å². The molecule has 0 fully saturated rings. The van der Waals surface area contributed by atoms with Crippen molar-refractivity contribution in [3.63, 3.8) is 0 Å². The Morgan fingerprint density at radius 1 is 1.23 bits per heavy atom. The standard InChI is InChI=1S/C16H21N5O4S/c1-25-8-7-18-16(22)20-12-5-3-11(4-6-12)15-19-13(9-14(17)21-15)10-26(2,23)24/h3-6,9H,7-8,10H2,1-2H3,(H2,17,19,21)(H2,18,20,22). The number of sulfone groups is 1. The highest BCUT2D eigenvalue weighted by atomic mass is 32.2. The van der Waals surface area contributed by atoms with Gasteiger partial charge in [-0.1, -0.05) is 0 Å². The van der Waals surface area contributed by atoms with Crippen LogP contribution in [0.25, 0.3) is 11.4 Å². The van der Waals surface area contributed by atoms with Crippen molar-refractivity contribution in [1.29, 1.82) is 0 Å². The highest BCUT2D eigenvalue weighted by Gasteiger charge is 2.11. The largest absolute Gasteiger partial charge is 0.384 e. The van der Waals surface area contributed by atoms with E-state index in [9.17, 15) is 13.2 Å². The lowest BCUT2D eigenvalue weighted by Crippen LogP contribution is -2.31. The van der Waals surface area contributed by atoms with Crippen molar-refractivity contribution in [3.05, 3.63) is 36.0 Å². The first-order valence-corrected chi connectivity index (χ1v) is 9.78. The fourth-order valence-corrected chi connectivity index (χ4v) is 2.82. The molecule has 9 nitrogen and oxygen atoms in total. The predicted octanol–water partition coefficient (Wildman–Crippen LogP) is 1.04. The number of carbonyl (C=O) groups is 1. The number of amides is 2. The van der Waals surface area contributed by atoms with Gasteiger partial charge in [0.05, 0.1) is 18.1 Å². The van der Waals surface area contributed by atoms with Gasteiger partial charge < -0.3 is 21.1 Å². The summed E-state index contributed by atoms with van der Waals surface area (Å²) in [6.07, 6.45) is 1.13. The molecule has 1 heterocycles. The average molecular weight is 379 g/mol. The van der Waals surface area contributed by atoms with Crippen LogP contribution < -0.4 is 16.4 Å². The Morgan fingerprint density at radius 2 is 1.92 bits per heavy atom. The van der Waals surface area contributed by atoms with E-state index < -0.39 is 9.84 Å². The molecule has 0 saturated carbocycles. The molecule has 0 atom stereocenters. The minimum atomic E-state index is -3.23. The van der Waals surface area contributed by atoms with Crippen molar-refractivity contribution >= 4 is 27.4 Å². The zero-order valence-corrected chi connectivity index (χ0v) is 15.3. The van der Waals surface area contributed by atoms with Crippen LogP contribution in [0.3, 0.4) is 0 Å². The Labute approximate surface area is 151 Å². The monoisotopic (exact) mass is 379 g/mol. The van der Waals surface area contributed by atoms with Gasteiger partial charge in [0.1, 0.15) is 5.82 Å². The second-order valence-electron chi connectivity index (χ2n) is 5.63. The van der Waals surface area contributed by atoms with E-state index >= 15 is 0 Å². The lowest BCUT2D eigenvalue weighted by Gasteiger charge is -2.09. The molecule has 0 radical (unpaired) electrons. The number of nitrogens with one attached hydrogen (secondary N) is 2. The number of nitrogens with two attached hydrogens (primary N) is 1. The van der Waals surface area contributed by atoms with Gasteiger partial charge in [-0.15, -0.1) is 0 Å². The van der Waals surface area contributed by atoms with E-state index in [4.69, 9.17) is 10.5 Å². The van der Waals surface area contributed by atoms with E-state index in [0.717, 1.165) is 6.26 Å². The summed E-state index contributed by atoms with van der Waals surface area (Å²) in [7, 11) is -1.68. The smallest absolute Gasteiger partial charge is 0.319 e. The van der Waals surface area contributed by atoms with Crippen molar-refractivity contribution in [2.24, 2.45) is 0 Å². The number of ether oxygens (including phenoxy) is 1. The lowest BCUT2D eigenvalue weighted by molar-refractivity contribution is 0.198. The van der Waals surface area contributed by atoms with Crippen molar-refractivity contribution in [2.45, 2.75) is 5.75 Å². The fraction of sp³-hybridized carbons (Fsp3) is 0.312. The van der Waals surface area contributed by atoms with Crippen LogP contribution in [0.4, 0.5) is 16.3 Å². The van der Waals surface area contributed by atoms with Crippen LogP contribution >= 0.6 is 0 Å². The molecular formula is C16H21N5O4S. The quantitative estimate of drug-likeness (QED) is 0.611. The minimum Gasteiger partial charge on any atom is -0.384 e. The van der Waals surface area contributed by atoms with Crippen LogP contribution in [0.2, 0.25) is 0 Å². The maximum absolute atomic E-state index is 11.7. The number of anilines is 2. The third-order valence-corrected chi connectivity index (χ3v) is 4.02. The molecule has 0 aliphatic carbocycles. The number of hydrogen-bond acceptors (Lipinski definition) is 7. The number of hydrogen-bond donors (Lipinski definition) is 3. The van der Waals surface area contributed by atoms with Crippen LogP contribution in [0.5, 0.6) is 0 Å². The number of carbonyl (C=O) groups excluding carboxylic acids is 1. The maximum Gasteiger partial charge on any atom is 0.319 e. The summed E-state index contributed by atoms with van der Waals surface area (Å²) in [5.74, 6) is 0.293. The summed E-state index contributed by atoms with van der Waals surface area (Å²) in [6.45, 7) is 0.829. The van der Waals surface area contributed by atoms with Crippen molar-refractivity contribution in [2.75, 3.05) is 37.6 Å². The van der Waals surface area contributed by atoms with Gasteiger partial charge in [0.25, 0.3) is 0 Å². The highest BCUT2D eigenvalue weighted by Crippen LogP contribution is 2.20. The van der Waals surface area contributed by atoms with Crippen LogP contribution in [0.15, 0.2) is 30.3 Å². The Bertz CT molecular complexity index is 869. The molecule has 2 aromatic rings. The lowest BCUT2D eigenvalue weighted by atomic mass is 10.2. The second kappa shape index (κ2) is 8.59. The Kier molecular flexibility index (Phi) is 6.47. The van der Waals surface area contributed by atoms with E-state index in [2.05, 4.69) is 20.6 Å². The predicted molar refractivity (Wildman–Crippen MR) is 99.3 cm³/mol. The first-order valence-electron chi connectivity index (χ1n) is 7.72. The van der Waals surface area contributed by atoms with Crippen LogP contribution in [0, 0.1) is 0 Å². The molecule has 2 rings (SSSR count). The number of nitrogen functional groups attached to an aromatic ring is 1. The van der Waals surface area contributed by atoms with Crippen molar-refractivity contribution in [3.8, 4) is 11.4 Å². The fourth-order valence-electron chi connectivity index (χ4n) is 2.13. The molecular weight excluding hydrogens is 358 g/mol. The average Bonchev–Trinajstić information content (AvgIpc) is 2.53. The maximum atomic E-state index is 11.7. The van der Waals surface area contributed by atoms with Gasteiger partial charge in [0.2, 0.25) is 0 Å². The third-order valence-electron chi connectivity index (χ3n) is 3.20. The molecule has 2 amide bonds. The number of benzene rings is 1. The van der Waals surface area contributed by atoms with Crippen molar-refractivity contribution in [1.82, 2.24) is 15.3 Å². The number of urea groups is 1. The molecule has 0 spiro atoms. The molecule has 1 aromatic carbocycles. The SMILES string of the molecule is COCCNC(=O)Nc1ccc(-c2nc(N)cc(CS(C)(=O)=O)n2)cc1. The molecule has 10 heteroatoms. The van der Waals surface area contributed by atoms with E-state index in [0.29, 0.717) is 35.9 Å². The van der Waals surface area contributed by atoms with Gasteiger partial charge in [-0.2, -0.15) is 0 Å². The number of aromatic nitrogens is 2. The summed E-state index contributed by atoms with van der Waals surface area (Å²) in [6, 6.07) is 7.89. The van der Waals surface area contributed by atoms with E-state index in [1.807, 2.05) is 0 Å². The molecule has 0 saturated heterocycles. The van der Waals surface area contributed by atoms with Gasteiger partial charge >= 0.3 is 6.03 Å². The molecule has 0 aliphatic heterocycles. The second-order valence-corrected chi connectivity index (χ2v) is 7.77. The summed E-state index contributed by atoms with van der Waals surface area (Å²) in [5.41, 5.74) is 7.31. The summed E-state index contributed by atoms with van der Waals surface area (Å²) >= 11 is 0. The Morgan fingerprint density at radius 3 is 2.54 bits per heavy atom. The topological polar surface area (TPSA) is 136 Å². The summed E-state index contributed by atoms with van der Waals surface area (Å²) < 4.78 is 27.7. The van der Waals surface area contributed by atoms with Gasteiger partial charge in [-0.05, 0) is 24.3 Å². The van der Waals surface area contributed by atoms with Crippen LogP contribution in [-0.2, 0) is 20.3 Å². The Balaban J connectivity index is 2.11. The number of nitrogens with zero attached hydrogens (tertiary/aromatic N) is 2. The first-order chi connectivity index (χ1) is 12.3. The van der Waals surface area contributed by atoms with Gasteiger partial charge in [0.15, 0.2) is 15.7 Å². The zero-order chi connectivity index (χ0) is 19.2. The number of methoxy groups -OCH3 is 1. The molecule has 1 aromatic heterocycles. The Hall–Kier alpha value is -2.72. The summed E-state index contributed by atoms with van der Waals surface area (Å²) in [5, 5.41) is 5.32. The van der Waals surface area contributed by atoms with E-state index in [1.54, 1.807) is 31.4 Å². The molecule has 0 bridgehead atoms. The first kappa shape index (κ1) is 19.6. The van der Waals surface area contributed by atoms with Crippen molar-refractivity contribution < 1.29 is 17.9 Å². The minimum absolute atomic E-state index is 0.188. The van der Waals surface area contributed by atoms with E-state index in [1.165, 1.54) is 6.07 Å². The molecule has 26 heavy (non-hydrogen) atoms. The molecule has 0 unspecified atom stereocenters. The van der Waals surface area contributed by atoms with E-state index in [-0.39, 0.29) is 17.6 Å². The molecule has 4 N–H and O–H groups in total. The number of rotatable bonds is 7. The van der Waals surface area contributed by atoms with Gasteiger partial charge in [-0.25, -0.2) is 23.2 Å². The molecule has 0 aliphatic rings. The zero-order valence-electron chi connectivity index (χ0n) is 14.5. The van der Waals surface area contributed by atoms with Crippen LogP contribution in [0.1, 0.15) is 5.69 Å². The highest BCUT2D eigenvalue weighted by molar-refractivity contribution is 7.89. The summed E-state index contributed by atoms with van der Waals surface area (Å²) in [4.78, 5) is 20.1. The third kappa shape index (κ3) is 6.30. The van der Waals surface area contributed by atoms with Gasteiger partial charge in [0, 0.05) is 37.2 Å².